The number of aromatic nitrogens is 6. The topological polar surface area (TPSA) is 79.4 Å². The molecule has 3 aromatic heterocycles. The summed E-state index contributed by atoms with van der Waals surface area (Å²) in [7, 11) is 5.15. The average Bonchev–Trinajstić information content (AvgIpc) is 3.28. The molecule has 3 heterocycles. The van der Waals surface area contributed by atoms with Crippen molar-refractivity contribution in [2.24, 2.45) is 7.05 Å². The van der Waals surface area contributed by atoms with E-state index in [2.05, 4.69) is 20.4 Å². The zero-order chi connectivity index (χ0) is 18.3. The molecular formula is C17H18N6O2S. The Morgan fingerprint density at radius 3 is 2.54 bits per heavy atom. The molecular weight excluding hydrogens is 352 g/mol. The zero-order valence-corrected chi connectivity index (χ0v) is 15.7. The molecule has 0 aliphatic heterocycles. The van der Waals surface area contributed by atoms with E-state index in [0.717, 1.165) is 26.9 Å². The van der Waals surface area contributed by atoms with Gasteiger partial charge in [0.2, 0.25) is 10.8 Å². The third kappa shape index (κ3) is 2.80. The standard InChI is InChI=1S/C17H18N6O2S/c1-10-7-12(22(2)20-10)16-18-19-17-23(16)21-15(26-17)9-11-5-6-13(24-3)14(8-11)25-4/h5-8H,9H2,1-4H3. The van der Waals surface area contributed by atoms with Crippen LogP contribution in [0, 0.1) is 6.92 Å². The van der Waals surface area contributed by atoms with E-state index in [-0.39, 0.29) is 0 Å². The number of rotatable bonds is 5. The fourth-order valence-electron chi connectivity index (χ4n) is 2.87. The molecule has 4 aromatic rings. The molecule has 0 aliphatic carbocycles. The van der Waals surface area contributed by atoms with Crippen molar-refractivity contribution >= 4 is 16.3 Å². The summed E-state index contributed by atoms with van der Waals surface area (Å²) in [6.07, 6.45) is 0.679. The quantitative estimate of drug-likeness (QED) is 0.537. The summed E-state index contributed by atoms with van der Waals surface area (Å²) in [5, 5.41) is 18.5. The summed E-state index contributed by atoms with van der Waals surface area (Å²) in [4.78, 5) is 0.759. The van der Waals surface area contributed by atoms with E-state index in [0.29, 0.717) is 23.7 Å². The van der Waals surface area contributed by atoms with Crippen molar-refractivity contribution in [2.45, 2.75) is 13.3 Å². The molecule has 9 heteroatoms. The lowest BCUT2D eigenvalue weighted by Crippen LogP contribution is -1.99. The van der Waals surface area contributed by atoms with Gasteiger partial charge < -0.3 is 9.47 Å². The second-order valence-corrected chi connectivity index (χ2v) is 6.91. The van der Waals surface area contributed by atoms with Crippen LogP contribution in [-0.2, 0) is 13.5 Å². The van der Waals surface area contributed by atoms with E-state index in [1.54, 1.807) is 23.4 Å². The van der Waals surface area contributed by atoms with Gasteiger partial charge in [-0.15, -0.1) is 10.2 Å². The molecule has 0 amide bonds. The van der Waals surface area contributed by atoms with Crippen LogP contribution in [0.25, 0.3) is 16.5 Å². The SMILES string of the molecule is COc1ccc(Cc2nn3c(-c4cc(C)nn4C)nnc3s2)cc1OC. The molecule has 0 unspecified atom stereocenters. The molecule has 0 aliphatic rings. The normalized spacial score (nSPS) is 11.2. The summed E-state index contributed by atoms with van der Waals surface area (Å²) in [5.74, 6) is 2.11. The predicted octanol–water partition coefficient (Wildman–Crippen LogP) is 2.50. The molecule has 0 saturated heterocycles. The molecule has 134 valence electrons. The van der Waals surface area contributed by atoms with Gasteiger partial charge in [-0.25, -0.2) is 0 Å². The van der Waals surface area contributed by atoms with Gasteiger partial charge in [-0.05, 0) is 30.7 Å². The number of fused-ring (bicyclic) bond motifs is 1. The first-order chi connectivity index (χ1) is 12.6. The summed E-state index contributed by atoms with van der Waals surface area (Å²) < 4.78 is 14.2. The van der Waals surface area contributed by atoms with Gasteiger partial charge in [-0.2, -0.15) is 14.7 Å². The van der Waals surface area contributed by atoms with Gasteiger partial charge >= 0.3 is 0 Å². The molecule has 4 rings (SSSR count). The van der Waals surface area contributed by atoms with Gasteiger partial charge in [0, 0.05) is 13.5 Å². The first kappa shape index (κ1) is 16.5. The van der Waals surface area contributed by atoms with Crippen LogP contribution < -0.4 is 9.47 Å². The number of methoxy groups -OCH3 is 2. The van der Waals surface area contributed by atoms with E-state index in [4.69, 9.17) is 9.47 Å². The van der Waals surface area contributed by atoms with Crippen LogP contribution in [0.2, 0.25) is 0 Å². The molecule has 0 atom stereocenters. The van der Waals surface area contributed by atoms with E-state index < -0.39 is 0 Å². The predicted molar refractivity (Wildman–Crippen MR) is 98.0 cm³/mol. The fraction of sp³-hybridized carbons (Fsp3) is 0.294. The summed E-state index contributed by atoms with van der Waals surface area (Å²) >= 11 is 1.52. The zero-order valence-electron chi connectivity index (χ0n) is 14.9. The molecule has 0 spiro atoms. The van der Waals surface area contributed by atoms with Crippen molar-refractivity contribution in [1.29, 1.82) is 0 Å². The van der Waals surface area contributed by atoms with Crippen LogP contribution >= 0.6 is 11.3 Å². The Morgan fingerprint density at radius 1 is 1.04 bits per heavy atom. The molecule has 0 saturated carbocycles. The molecule has 0 N–H and O–H groups in total. The third-order valence-corrected chi connectivity index (χ3v) is 4.97. The monoisotopic (exact) mass is 370 g/mol. The summed E-state index contributed by atoms with van der Waals surface area (Å²) in [5.41, 5.74) is 2.91. The first-order valence-corrected chi connectivity index (χ1v) is 8.83. The van der Waals surface area contributed by atoms with Gasteiger partial charge in [-0.3, -0.25) is 4.68 Å². The number of ether oxygens (including phenoxy) is 2. The van der Waals surface area contributed by atoms with Crippen LogP contribution in [0.15, 0.2) is 24.3 Å². The maximum atomic E-state index is 5.37. The summed E-state index contributed by atoms with van der Waals surface area (Å²) in [6, 6.07) is 7.85. The van der Waals surface area contributed by atoms with Gasteiger partial charge in [-0.1, -0.05) is 17.4 Å². The lowest BCUT2D eigenvalue weighted by atomic mass is 10.1. The van der Waals surface area contributed by atoms with Crippen LogP contribution in [0.3, 0.4) is 0 Å². The fourth-order valence-corrected chi connectivity index (χ4v) is 3.74. The second kappa shape index (κ2) is 6.41. The maximum Gasteiger partial charge on any atom is 0.235 e. The highest BCUT2D eigenvalue weighted by atomic mass is 32.1. The molecule has 1 aromatic carbocycles. The van der Waals surface area contributed by atoms with Gasteiger partial charge in [0.25, 0.3) is 0 Å². The van der Waals surface area contributed by atoms with Crippen LogP contribution in [0.5, 0.6) is 11.5 Å². The van der Waals surface area contributed by atoms with E-state index in [1.165, 1.54) is 11.3 Å². The number of aryl methyl sites for hydroxylation is 2. The van der Waals surface area contributed by atoms with Crippen molar-refractivity contribution in [1.82, 2.24) is 29.6 Å². The highest BCUT2D eigenvalue weighted by Crippen LogP contribution is 2.29. The van der Waals surface area contributed by atoms with Crippen molar-refractivity contribution < 1.29 is 9.47 Å². The number of hydrogen-bond donors (Lipinski definition) is 0. The minimum atomic E-state index is 0.679. The van der Waals surface area contributed by atoms with E-state index >= 15 is 0 Å². The molecule has 8 nitrogen and oxygen atoms in total. The number of hydrogen-bond acceptors (Lipinski definition) is 7. The highest BCUT2D eigenvalue weighted by Gasteiger charge is 2.17. The van der Waals surface area contributed by atoms with Crippen LogP contribution in [0.4, 0.5) is 0 Å². The Labute approximate surface area is 154 Å². The third-order valence-electron chi connectivity index (χ3n) is 4.07. The van der Waals surface area contributed by atoms with Crippen LogP contribution in [0.1, 0.15) is 16.3 Å². The van der Waals surface area contributed by atoms with Crippen molar-refractivity contribution in [3.05, 3.63) is 40.5 Å². The summed E-state index contributed by atoms with van der Waals surface area (Å²) in [6.45, 7) is 1.95. The number of benzene rings is 1. The van der Waals surface area contributed by atoms with Crippen molar-refractivity contribution in [3.8, 4) is 23.0 Å². The smallest absolute Gasteiger partial charge is 0.235 e. The Balaban J connectivity index is 1.68. The minimum Gasteiger partial charge on any atom is -0.493 e. The largest absolute Gasteiger partial charge is 0.493 e. The lowest BCUT2D eigenvalue weighted by Gasteiger charge is -2.08. The lowest BCUT2D eigenvalue weighted by molar-refractivity contribution is 0.354. The van der Waals surface area contributed by atoms with Gasteiger partial charge in [0.1, 0.15) is 10.7 Å². The molecule has 0 radical (unpaired) electrons. The average molecular weight is 370 g/mol. The second-order valence-electron chi connectivity index (χ2n) is 5.87. The van der Waals surface area contributed by atoms with E-state index in [9.17, 15) is 0 Å². The van der Waals surface area contributed by atoms with Gasteiger partial charge in [0.05, 0.1) is 19.9 Å². The molecule has 26 heavy (non-hydrogen) atoms. The number of nitrogens with zero attached hydrogens (tertiary/aromatic N) is 6. The minimum absolute atomic E-state index is 0.679. The Morgan fingerprint density at radius 2 is 1.85 bits per heavy atom. The Hall–Kier alpha value is -2.94. The molecule has 0 bridgehead atoms. The van der Waals surface area contributed by atoms with E-state index in [1.807, 2.05) is 38.2 Å². The van der Waals surface area contributed by atoms with Gasteiger partial charge in [0.15, 0.2) is 11.5 Å². The maximum absolute atomic E-state index is 5.37. The molecule has 0 fully saturated rings. The van der Waals surface area contributed by atoms with Crippen molar-refractivity contribution in [2.75, 3.05) is 14.2 Å². The van der Waals surface area contributed by atoms with Crippen molar-refractivity contribution in [3.63, 3.8) is 0 Å². The highest BCUT2D eigenvalue weighted by molar-refractivity contribution is 7.16. The Bertz CT molecular complexity index is 1080. The first-order valence-electron chi connectivity index (χ1n) is 8.02. The van der Waals surface area contributed by atoms with Crippen LogP contribution in [-0.4, -0.2) is 43.8 Å². The Kier molecular flexibility index (Phi) is 4.08.